The topological polar surface area (TPSA) is 0 Å². The molecule has 0 saturated carbocycles. The van der Waals surface area contributed by atoms with Crippen molar-refractivity contribution in [1.29, 1.82) is 0 Å². The van der Waals surface area contributed by atoms with Crippen LogP contribution < -0.4 is 10.4 Å². The van der Waals surface area contributed by atoms with Crippen molar-refractivity contribution in [1.82, 2.24) is 0 Å². The van der Waals surface area contributed by atoms with E-state index < -0.39 is 0 Å². The molecule has 0 bridgehead atoms. The van der Waals surface area contributed by atoms with Gasteiger partial charge in [-0.05, 0) is 135 Å². The molecule has 0 fully saturated rings. The van der Waals surface area contributed by atoms with Crippen molar-refractivity contribution in [3.05, 3.63) is 196 Å². The molecule has 1 unspecified atom stereocenters. The highest BCUT2D eigenvalue weighted by molar-refractivity contribution is 5.93. The Morgan fingerprint density at radius 1 is 0.654 bits per heavy atom. The lowest BCUT2D eigenvalue weighted by molar-refractivity contribution is 0.797. The molecule has 0 nitrogen and oxygen atoms in total. The highest BCUT2D eigenvalue weighted by atomic mass is 14.3. The molecule has 6 aromatic carbocycles. The summed E-state index contributed by atoms with van der Waals surface area (Å²) in [5.74, 6) is 0.410. The van der Waals surface area contributed by atoms with Crippen molar-refractivity contribution in [2.24, 2.45) is 0 Å². The monoisotopic (exact) mass is 672 g/mol. The van der Waals surface area contributed by atoms with E-state index in [4.69, 9.17) is 0 Å². The maximum Gasteiger partial charge on any atom is 0.00992 e. The molecule has 0 N–H and O–H groups in total. The Labute approximate surface area is 310 Å². The molecular weight excluding hydrogens is 625 g/mol. The minimum Gasteiger partial charge on any atom is -0.0912 e. The zero-order valence-electron chi connectivity index (χ0n) is 31.4. The Kier molecular flexibility index (Phi) is 9.92. The second-order valence-electron chi connectivity index (χ2n) is 14.5. The van der Waals surface area contributed by atoms with Crippen LogP contribution in [0.25, 0.3) is 62.3 Å². The van der Waals surface area contributed by atoms with E-state index in [0.29, 0.717) is 5.92 Å². The first-order valence-corrected chi connectivity index (χ1v) is 18.6. The minimum atomic E-state index is 0.410. The van der Waals surface area contributed by atoms with Crippen LogP contribution in [0.2, 0.25) is 0 Å². The van der Waals surface area contributed by atoms with Crippen LogP contribution in [-0.2, 0) is 0 Å². The fourth-order valence-electron chi connectivity index (χ4n) is 7.90. The fraction of sp³-hybridized carbons (Fsp3) is 0.154. The van der Waals surface area contributed by atoms with E-state index in [9.17, 15) is 0 Å². The van der Waals surface area contributed by atoms with Crippen LogP contribution in [0, 0.1) is 13.8 Å². The van der Waals surface area contributed by atoms with Crippen molar-refractivity contribution < 1.29 is 0 Å². The molecule has 0 saturated heterocycles. The van der Waals surface area contributed by atoms with Gasteiger partial charge in [0.25, 0.3) is 0 Å². The van der Waals surface area contributed by atoms with Crippen molar-refractivity contribution >= 4 is 28.9 Å². The number of rotatable bonds is 8. The summed E-state index contributed by atoms with van der Waals surface area (Å²) in [5, 5.41) is 2.55. The van der Waals surface area contributed by atoms with Crippen molar-refractivity contribution in [2.45, 2.75) is 53.9 Å². The Morgan fingerprint density at radius 2 is 1.35 bits per heavy atom. The first kappa shape index (κ1) is 34.7. The molecule has 1 aliphatic carbocycles. The van der Waals surface area contributed by atoms with Gasteiger partial charge in [0, 0.05) is 5.92 Å². The van der Waals surface area contributed by atoms with Crippen molar-refractivity contribution in [3.63, 3.8) is 0 Å². The van der Waals surface area contributed by atoms with Gasteiger partial charge < -0.3 is 0 Å². The van der Waals surface area contributed by atoms with E-state index in [2.05, 4.69) is 194 Å². The average Bonchev–Trinajstić information content (AvgIpc) is 3.50. The fourth-order valence-corrected chi connectivity index (χ4v) is 7.90. The molecule has 0 spiro atoms. The third-order valence-corrected chi connectivity index (χ3v) is 10.8. The van der Waals surface area contributed by atoms with Crippen molar-refractivity contribution in [2.75, 3.05) is 0 Å². The largest absolute Gasteiger partial charge is 0.0912 e. The second kappa shape index (κ2) is 14.9. The first-order valence-electron chi connectivity index (χ1n) is 18.6. The van der Waals surface area contributed by atoms with Gasteiger partial charge in [-0.15, -0.1) is 0 Å². The molecule has 0 radical (unpaired) electrons. The first-order chi connectivity index (χ1) is 25.2. The predicted molar refractivity (Wildman–Crippen MR) is 227 cm³/mol. The maximum atomic E-state index is 4.30. The predicted octanol–water partition coefficient (Wildman–Crippen LogP) is 13.0. The molecule has 7 rings (SSSR count). The van der Waals surface area contributed by atoms with E-state index in [1.807, 2.05) is 6.07 Å². The SMILES string of the molecule is C=C(/C=C\c1cc/c(=C/C=C(\C)c2ccc3c(c2)-c2c(-c4ccc(-c5ccc(C)cc5)cc4)cccc2C3CC)c(=C(C)C)c1C)c1ccccc1. The lowest BCUT2D eigenvalue weighted by Gasteiger charge is -2.13. The van der Waals surface area contributed by atoms with Gasteiger partial charge in [0.2, 0.25) is 0 Å². The van der Waals surface area contributed by atoms with Crippen molar-refractivity contribution in [3.8, 4) is 33.4 Å². The maximum absolute atomic E-state index is 4.30. The number of allylic oxidation sites excluding steroid dienone is 4. The van der Waals surface area contributed by atoms with E-state index in [0.717, 1.165) is 17.6 Å². The van der Waals surface area contributed by atoms with E-state index >= 15 is 0 Å². The quantitative estimate of drug-likeness (QED) is 0.141. The minimum absolute atomic E-state index is 0.410. The van der Waals surface area contributed by atoms with Crippen LogP contribution in [0.3, 0.4) is 0 Å². The van der Waals surface area contributed by atoms with Gasteiger partial charge in [0.05, 0.1) is 0 Å². The van der Waals surface area contributed by atoms with Gasteiger partial charge >= 0.3 is 0 Å². The molecule has 256 valence electrons. The summed E-state index contributed by atoms with van der Waals surface area (Å²) < 4.78 is 0. The van der Waals surface area contributed by atoms with Crippen LogP contribution >= 0.6 is 0 Å². The van der Waals surface area contributed by atoms with Gasteiger partial charge in [-0.1, -0.05) is 170 Å². The Balaban J connectivity index is 1.23. The Bertz CT molecular complexity index is 2460. The number of aryl methyl sites for hydroxylation is 1. The van der Waals surface area contributed by atoms with Crippen LogP contribution in [0.1, 0.15) is 79.0 Å². The third-order valence-electron chi connectivity index (χ3n) is 10.8. The van der Waals surface area contributed by atoms with Gasteiger partial charge in [0.15, 0.2) is 0 Å². The average molecular weight is 673 g/mol. The van der Waals surface area contributed by atoms with E-state index in [1.165, 1.54) is 88.3 Å². The number of hydrogen-bond acceptors (Lipinski definition) is 0. The standard InChI is InChI=1S/C52H48/c1-8-46-48-32-31-45(33-50(48)52-47(15-12-16-49(46)52)43-28-26-42(27-29-43)41-21-17-35(4)18-22-41)37(6)20-24-44-30-25-40(38(7)51(44)34(2)3)23-19-36(5)39-13-10-9-11-14-39/h9-33,46H,5,8H2,1-4,6-7H3/b23-19-,37-20+,44-24-. The molecule has 1 aliphatic rings. The number of hydrogen-bond donors (Lipinski definition) is 0. The molecule has 0 heteroatoms. The zero-order chi connectivity index (χ0) is 36.4. The van der Waals surface area contributed by atoms with Gasteiger partial charge in [0.1, 0.15) is 0 Å². The number of fused-ring (bicyclic) bond motifs is 3. The Hall–Kier alpha value is -5.72. The molecule has 0 aliphatic heterocycles. The summed E-state index contributed by atoms with van der Waals surface area (Å²) in [7, 11) is 0. The van der Waals surface area contributed by atoms with Gasteiger partial charge in [-0.3, -0.25) is 0 Å². The molecule has 52 heavy (non-hydrogen) atoms. The van der Waals surface area contributed by atoms with Gasteiger partial charge in [-0.25, -0.2) is 0 Å². The molecular formula is C52H48. The molecule has 0 aromatic heterocycles. The summed E-state index contributed by atoms with van der Waals surface area (Å²) in [6.45, 7) is 17.6. The third kappa shape index (κ3) is 6.82. The van der Waals surface area contributed by atoms with Crippen LogP contribution in [0.4, 0.5) is 0 Å². The summed E-state index contributed by atoms with van der Waals surface area (Å²) in [6, 6.07) is 46.8. The normalized spacial score (nSPS) is 14.1. The Morgan fingerprint density at radius 3 is 2.04 bits per heavy atom. The summed E-state index contributed by atoms with van der Waals surface area (Å²) in [4.78, 5) is 0. The molecule has 1 atom stereocenters. The highest BCUT2D eigenvalue weighted by Crippen LogP contribution is 2.51. The molecule has 0 amide bonds. The van der Waals surface area contributed by atoms with Crippen LogP contribution in [-0.4, -0.2) is 0 Å². The summed E-state index contributed by atoms with van der Waals surface area (Å²) in [5.41, 5.74) is 20.5. The molecule has 0 heterocycles. The smallest absolute Gasteiger partial charge is 0.00992 e. The van der Waals surface area contributed by atoms with E-state index in [-0.39, 0.29) is 0 Å². The zero-order valence-corrected chi connectivity index (χ0v) is 31.4. The number of benzene rings is 6. The highest BCUT2D eigenvalue weighted by Gasteiger charge is 2.30. The van der Waals surface area contributed by atoms with Crippen LogP contribution in [0.5, 0.6) is 0 Å². The summed E-state index contributed by atoms with van der Waals surface area (Å²) >= 11 is 0. The van der Waals surface area contributed by atoms with Gasteiger partial charge in [-0.2, -0.15) is 0 Å². The summed E-state index contributed by atoms with van der Waals surface area (Å²) in [6.07, 6.45) is 9.98. The van der Waals surface area contributed by atoms with Crippen LogP contribution in [0.15, 0.2) is 146 Å². The van der Waals surface area contributed by atoms with E-state index in [1.54, 1.807) is 0 Å². The molecule has 6 aromatic rings. The lowest BCUT2D eigenvalue weighted by Crippen LogP contribution is -2.29. The second-order valence-corrected chi connectivity index (χ2v) is 14.5. The lowest BCUT2D eigenvalue weighted by atomic mass is 9.91.